The molecule has 4 nitrogen and oxygen atoms in total. The second kappa shape index (κ2) is 5.41. The average molecular weight is 256 g/mol. The van der Waals surface area contributed by atoms with Crippen LogP contribution in [-0.2, 0) is 9.53 Å². The van der Waals surface area contributed by atoms with Crippen molar-refractivity contribution in [3.63, 3.8) is 0 Å². The molecule has 0 aromatic heterocycles. The Labute approximate surface area is 103 Å². The fourth-order valence-corrected chi connectivity index (χ4v) is 1.96. The fourth-order valence-electron chi connectivity index (χ4n) is 1.96. The molecule has 1 aliphatic rings. The van der Waals surface area contributed by atoms with Gasteiger partial charge < -0.3 is 15.4 Å². The first-order valence-electron chi connectivity index (χ1n) is 5.62. The van der Waals surface area contributed by atoms with E-state index in [9.17, 15) is 13.6 Å². The van der Waals surface area contributed by atoms with Crippen molar-refractivity contribution in [3.05, 3.63) is 29.8 Å². The summed E-state index contributed by atoms with van der Waals surface area (Å²) in [6.45, 7) is 0.751. The van der Waals surface area contributed by atoms with E-state index in [-0.39, 0.29) is 23.6 Å². The molecule has 2 N–H and O–H groups in total. The van der Waals surface area contributed by atoms with Crippen LogP contribution in [0, 0.1) is 17.6 Å². The van der Waals surface area contributed by atoms with Gasteiger partial charge in [-0.05, 0) is 19.2 Å². The van der Waals surface area contributed by atoms with Gasteiger partial charge in [-0.15, -0.1) is 0 Å². The van der Waals surface area contributed by atoms with Crippen LogP contribution in [0.5, 0.6) is 0 Å². The second-order valence-electron chi connectivity index (χ2n) is 4.19. The van der Waals surface area contributed by atoms with Gasteiger partial charge >= 0.3 is 0 Å². The Hall–Kier alpha value is -1.53. The predicted octanol–water partition coefficient (Wildman–Crippen LogP) is 1.14. The quantitative estimate of drug-likeness (QED) is 0.852. The highest BCUT2D eigenvalue weighted by atomic mass is 19.1. The van der Waals surface area contributed by atoms with Crippen molar-refractivity contribution in [2.75, 3.05) is 25.6 Å². The molecular formula is C12H14F2N2O2. The molecule has 0 radical (unpaired) electrons. The minimum absolute atomic E-state index is 0.0802. The van der Waals surface area contributed by atoms with E-state index in [0.717, 1.165) is 18.2 Å². The average Bonchev–Trinajstić information content (AvgIpc) is 2.75. The number of likely N-dealkylation sites (N-methyl/N-ethyl adjacent to an activating group) is 1. The molecule has 0 saturated carbocycles. The Morgan fingerprint density at radius 2 is 1.94 bits per heavy atom. The maximum atomic E-state index is 13.0. The number of amides is 1. The number of nitrogens with one attached hydrogen (secondary N) is 2. The van der Waals surface area contributed by atoms with Crippen molar-refractivity contribution >= 4 is 11.6 Å². The summed E-state index contributed by atoms with van der Waals surface area (Å²) in [5, 5.41) is 5.46. The molecule has 2 rings (SSSR count). The van der Waals surface area contributed by atoms with Crippen molar-refractivity contribution in [2.24, 2.45) is 5.92 Å². The first-order chi connectivity index (χ1) is 8.60. The lowest BCUT2D eigenvalue weighted by atomic mass is 10.0. The molecule has 0 bridgehead atoms. The number of ether oxygens (including phenoxy) is 1. The zero-order valence-electron chi connectivity index (χ0n) is 9.87. The van der Waals surface area contributed by atoms with Gasteiger partial charge in [0.25, 0.3) is 0 Å². The third-order valence-electron chi connectivity index (χ3n) is 2.92. The molecule has 0 aliphatic carbocycles. The van der Waals surface area contributed by atoms with Crippen LogP contribution in [-0.4, -0.2) is 32.2 Å². The molecule has 18 heavy (non-hydrogen) atoms. The monoisotopic (exact) mass is 256 g/mol. The molecule has 2 unspecified atom stereocenters. The number of carbonyl (C=O) groups excluding carboxylic acids is 1. The van der Waals surface area contributed by atoms with E-state index in [4.69, 9.17) is 4.74 Å². The number of hydrogen-bond donors (Lipinski definition) is 2. The van der Waals surface area contributed by atoms with Crippen LogP contribution < -0.4 is 10.6 Å². The van der Waals surface area contributed by atoms with Gasteiger partial charge in [0.15, 0.2) is 0 Å². The molecule has 1 fully saturated rings. The van der Waals surface area contributed by atoms with Crippen molar-refractivity contribution < 1.29 is 18.3 Å². The van der Waals surface area contributed by atoms with Crippen LogP contribution in [0.4, 0.5) is 14.5 Å². The van der Waals surface area contributed by atoms with Gasteiger partial charge in [0.2, 0.25) is 5.91 Å². The first kappa shape index (κ1) is 12.9. The summed E-state index contributed by atoms with van der Waals surface area (Å²) in [6, 6.07) is 2.82. The van der Waals surface area contributed by atoms with Gasteiger partial charge in [0, 0.05) is 17.8 Å². The highest BCUT2D eigenvalue weighted by Crippen LogP contribution is 2.18. The van der Waals surface area contributed by atoms with E-state index in [0.29, 0.717) is 13.2 Å². The van der Waals surface area contributed by atoms with E-state index in [1.54, 1.807) is 7.05 Å². The smallest absolute Gasteiger partial charge is 0.231 e. The Morgan fingerprint density at radius 1 is 1.28 bits per heavy atom. The minimum atomic E-state index is -0.724. The number of carbonyl (C=O) groups is 1. The lowest BCUT2D eigenvalue weighted by Gasteiger charge is -2.16. The van der Waals surface area contributed by atoms with Crippen LogP contribution in [0.2, 0.25) is 0 Å². The Balaban J connectivity index is 2.06. The van der Waals surface area contributed by atoms with Gasteiger partial charge in [-0.3, -0.25) is 4.79 Å². The molecular weight excluding hydrogens is 242 g/mol. The minimum Gasteiger partial charge on any atom is -0.379 e. The van der Waals surface area contributed by atoms with Crippen LogP contribution in [0.1, 0.15) is 0 Å². The Kier molecular flexibility index (Phi) is 3.88. The topological polar surface area (TPSA) is 50.4 Å². The Bertz CT molecular complexity index is 433. The maximum absolute atomic E-state index is 13.0. The van der Waals surface area contributed by atoms with Crippen LogP contribution in [0.15, 0.2) is 18.2 Å². The number of rotatable bonds is 3. The largest absolute Gasteiger partial charge is 0.379 e. The standard InChI is InChI=1S/C12H14F2N2O2/c1-15-11-6-18-5-10(11)12(17)16-9-3-7(13)2-8(14)4-9/h2-4,10-11,15H,5-6H2,1H3,(H,16,17). The zero-order chi connectivity index (χ0) is 13.1. The summed E-state index contributed by atoms with van der Waals surface area (Å²) in [7, 11) is 1.74. The highest BCUT2D eigenvalue weighted by molar-refractivity contribution is 5.93. The fraction of sp³-hybridized carbons (Fsp3) is 0.417. The molecule has 1 aromatic carbocycles. The van der Waals surface area contributed by atoms with Gasteiger partial charge in [0.1, 0.15) is 11.6 Å². The van der Waals surface area contributed by atoms with Gasteiger partial charge in [0.05, 0.1) is 19.1 Å². The summed E-state index contributed by atoms with van der Waals surface area (Å²) in [4.78, 5) is 11.9. The highest BCUT2D eigenvalue weighted by Gasteiger charge is 2.33. The van der Waals surface area contributed by atoms with Crippen LogP contribution in [0.25, 0.3) is 0 Å². The summed E-state index contributed by atoms with van der Waals surface area (Å²) in [5.74, 6) is -2.12. The van der Waals surface area contributed by atoms with Gasteiger partial charge in [-0.25, -0.2) is 8.78 Å². The molecule has 1 heterocycles. The summed E-state index contributed by atoms with van der Waals surface area (Å²) in [5.41, 5.74) is 0.110. The Morgan fingerprint density at radius 3 is 2.56 bits per heavy atom. The lowest BCUT2D eigenvalue weighted by molar-refractivity contribution is -0.120. The van der Waals surface area contributed by atoms with Gasteiger partial charge in [-0.2, -0.15) is 0 Å². The van der Waals surface area contributed by atoms with Gasteiger partial charge in [-0.1, -0.05) is 0 Å². The maximum Gasteiger partial charge on any atom is 0.231 e. The zero-order valence-corrected chi connectivity index (χ0v) is 9.87. The molecule has 2 atom stereocenters. The van der Waals surface area contributed by atoms with Crippen LogP contribution >= 0.6 is 0 Å². The van der Waals surface area contributed by atoms with Crippen molar-refractivity contribution in [3.8, 4) is 0 Å². The summed E-state index contributed by atoms with van der Waals surface area (Å²) < 4.78 is 31.1. The first-order valence-corrected chi connectivity index (χ1v) is 5.62. The summed E-state index contributed by atoms with van der Waals surface area (Å²) in [6.07, 6.45) is 0. The molecule has 1 saturated heterocycles. The third kappa shape index (κ3) is 2.83. The number of hydrogen-bond acceptors (Lipinski definition) is 3. The van der Waals surface area contributed by atoms with Crippen LogP contribution in [0.3, 0.4) is 0 Å². The molecule has 1 amide bonds. The summed E-state index contributed by atoms with van der Waals surface area (Å²) >= 11 is 0. The van der Waals surface area contributed by atoms with E-state index in [1.807, 2.05) is 0 Å². The van der Waals surface area contributed by atoms with Crippen molar-refractivity contribution in [1.29, 1.82) is 0 Å². The molecule has 1 aliphatic heterocycles. The van der Waals surface area contributed by atoms with Crippen molar-refractivity contribution in [2.45, 2.75) is 6.04 Å². The molecule has 98 valence electrons. The van der Waals surface area contributed by atoms with E-state index in [1.165, 1.54) is 0 Å². The lowest BCUT2D eigenvalue weighted by Crippen LogP contribution is -2.39. The van der Waals surface area contributed by atoms with E-state index in [2.05, 4.69) is 10.6 Å². The number of anilines is 1. The number of benzene rings is 1. The second-order valence-corrected chi connectivity index (χ2v) is 4.19. The number of halogens is 2. The normalized spacial score (nSPS) is 23.1. The molecule has 6 heteroatoms. The third-order valence-corrected chi connectivity index (χ3v) is 2.92. The predicted molar refractivity (Wildman–Crippen MR) is 62.1 cm³/mol. The SMILES string of the molecule is CNC1COCC1C(=O)Nc1cc(F)cc(F)c1. The van der Waals surface area contributed by atoms with Crippen molar-refractivity contribution in [1.82, 2.24) is 5.32 Å². The van der Waals surface area contributed by atoms with E-state index < -0.39 is 11.6 Å². The molecule has 0 spiro atoms. The molecule has 1 aromatic rings. The van der Waals surface area contributed by atoms with E-state index >= 15 is 0 Å².